The number of hydrogen-bond acceptors (Lipinski definition) is 11. The van der Waals surface area contributed by atoms with Crippen molar-refractivity contribution in [2.24, 2.45) is 0 Å². The van der Waals surface area contributed by atoms with Crippen molar-refractivity contribution in [3.63, 3.8) is 0 Å². The summed E-state index contributed by atoms with van der Waals surface area (Å²) in [4.78, 5) is 23.6. The molecule has 13 heteroatoms. The Balaban J connectivity index is 0.969. The molecular weight excluding hydrogens is 1370 g/mol. The molecule has 0 aliphatic rings. The van der Waals surface area contributed by atoms with Crippen LogP contribution in [0, 0.1) is 79.3 Å². The lowest BCUT2D eigenvalue weighted by atomic mass is 9.87. The Morgan fingerprint density at radius 3 is 0.723 bits per heavy atom. The predicted molar refractivity (Wildman–Crippen MR) is 439 cm³/mol. The highest BCUT2D eigenvalue weighted by Crippen LogP contribution is 2.51. The predicted octanol–water partition coefficient (Wildman–Crippen LogP) is 22.9. The van der Waals surface area contributed by atoms with Crippen LogP contribution >= 0.6 is 0 Å². The zero-order valence-corrected chi connectivity index (χ0v) is 59.4. The first kappa shape index (κ1) is 67.2. The summed E-state index contributed by atoms with van der Waals surface area (Å²) in [5.74, 6) is 0.683. The fourth-order valence-corrected chi connectivity index (χ4v) is 15.5. The summed E-state index contributed by atoms with van der Waals surface area (Å²) in [6.07, 6.45) is 0. The van der Waals surface area contributed by atoms with Gasteiger partial charge in [-0.25, -0.2) is 19.9 Å². The molecule has 0 amide bonds. The second-order valence-corrected chi connectivity index (χ2v) is 27.0. The minimum Gasteiger partial charge on any atom is -0.308 e. The van der Waals surface area contributed by atoms with Crippen molar-refractivity contribution >= 4 is 43.6 Å². The highest BCUT2D eigenvalue weighted by atomic mass is 15.0. The van der Waals surface area contributed by atoms with Gasteiger partial charge in [0.25, 0.3) is 0 Å². The van der Waals surface area contributed by atoms with Gasteiger partial charge in [-0.05, 0) is 156 Å². The zero-order valence-electron chi connectivity index (χ0n) is 59.4. The van der Waals surface area contributed by atoms with Crippen LogP contribution < -0.4 is 0 Å². The average molecular weight is 1420 g/mol. The van der Waals surface area contributed by atoms with Gasteiger partial charge >= 0.3 is 0 Å². The first-order valence-corrected chi connectivity index (χ1v) is 36.0. The normalized spacial score (nSPS) is 11.0. The summed E-state index contributed by atoms with van der Waals surface area (Å²) >= 11 is 0. The van der Waals surface area contributed by atoms with E-state index in [2.05, 4.69) is 88.0 Å². The fraction of sp³-hybridized carbons (Fsp3) is 0. The first-order valence-electron chi connectivity index (χ1n) is 36.0. The monoisotopic (exact) mass is 1420 g/mol. The molecular formula is C99H53N13. The van der Waals surface area contributed by atoms with E-state index in [-0.39, 0.29) is 0 Å². The van der Waals surface area contributed by atoms with Gasteiger partial charge in [0.15, 0.2) is 11.6 Å². The van der Waals surface area contributed by atoms with Crippen molar-refractivity contribution in [2.45, 2.75) is 0 Å². The molecule has 0 bridgehead atoms. The Kier molecular flexibility index (Phi) is 17.0. The van der Waals surface area contributed by atoms with Crippen molar-refractivity contribution in [1.82, 2.24) is 29.1 Å². The summed E-state index contributed by atoms with van der Waals surface area (Å²) in [5.41, 5.74) is 21.0. The van der Waals surface area contributed by atoms with Crippen molar-refractivity contribution in [3.05, 3.63) is 360 Å². The maximum Gasteiger partial charge on any atom is 0.160 e. The van der Waals surface area contributed by atoms with E-state index in [0.717, 1.165) is 93.8 Å². The van der Waals surface area contributed by atoms with Gasteiger partial charge in [-0.15, -0.1) is 0 Å². The van der Waals surface area contributed by atoms with Crippen molar-refractivity contribution in [1.29, 1.82) is 36.8 Å². The molecule has 514 valence electrons. The number of hydrogen-bond donors (Lipinski definition) is 0. The van der Waals surface area contributed by atoms with Gasteiger partial charge < -0.3 is 9.13 Å². The molecule has 0 radical (unpaired) electrons. The van der Waals surface area contributed by atoms with Crippen molar-refractivity contribution < 1.29 is 0 Å². The van der Waals surface area contributed by atoms with Crippen LogP contribution in [-0.2, 0) is 0 Å². The van der Waals surface area contributed by atoms with Gasteiger partial charge in [0, 0.05) is 88.3 Å². The lowest BCUT2D eigenvalue weighted by Gasteiger charge is -2.24. The van der Waals surface area contributed by atoms with Gasteiger partial charge in [-0.2, -0.15) is 36.8 Å². The maximum absolute atomic E-state index is 10.7. The van der Waals surface area contributed by atoms with Gasteiger partial charge in [0.05, 0.1) is 138 Å². The molecule has 4 aromatic heterocycles. The van der Waals surface area contributed by atoms with Gasteiger partial charge in [0.1, 0.15) is 0 Å². The van der Waals surface area contributed by atoms with E-state index in [9.17, 15) is 36.8 Å². The maximum atomic E-state index is 10.7. The smallest absolute Gasteiger partial charge is 0.160 e. The Morgan fingerprint density at radius 2 is 0.438 bits per heavy atom. The van der Waals surface area contributed by atoms with Crippen molar-refractivity contribution in [2.75, 3.05) is 0 Å². The Bertz CT molecular complexity index is 6920. The van der Waals surface area contributed by atoms with E-state index in [1.54, 1.807) is 36.4 Å². The largest absolute Gasteiger partial charge is 0.308 e. The van der Waals surface area contributed by atoms with Gasteiger partial charge in [-0.1, -0.05) is 188 Å². The summed E-state index contributed by atoms with van der Waals surface area (Å²) in [5, 5.41) is 77.0. The Labute approximate surface area is 643 Å². The summed E-state index contributed by atoms with van der Waals surface area (Å²) in [7, 11) is 0. The van der Waals surface area contributed by atoms with Crippen LogP contribution in [0.1, 0.15) is 38.9 Å². The minimum atomic E-state index is 0.331. The molecule has 0 aliphatic carbocycles. The first-order chi connectivity index (χ1) is 55.2. The SMILES string of the molecule is N#Cc1cccc(-c2cc(-c3nc(-c4ccccc4)c(-c4c(-c5ccccc5)nc(-c5cc(-c6cccc(C#N)c6)c(-n6c7ccc(C#N)cc7c7cc(C#N)ccc76)c(-c6cccc(C#N)c6)c5)nc4-c4ccccc4)c(-c4ccccc4)n3)cc(-c3cccc(C#N)c3)c2-n2c3ccccc3c3cc(C#N)ccc32)c1. The number of fused-ring (bicyclic) bond motifs is 6. The summed E-state index contributed by atoms with van der Waals surface area (Å²) < 4.78 is 4.35. The summed E-state index contributed by atoms with van der Waals surface area (Å²) in [6, 6.07) is 120. The van der Waals surface area contributed by atoms with Crippen LogP contribution in [0.15, 0.2) is 322 Å². The minimum absolute atomic E-state index is 0.331. The zero-order chi connectivity index (χ0) is 75.9. The second-order valence-electron chi connectivity index (χ2n) is 27.0. The Morgan fingerprint density at radius 1 is 0.196 bits per heavy atom. The second kappa shape index (κ2) is 28.3. The molecule has 0 spiro atoms. The van der Waals surface area contributed by atoms with E-state index in [4.69, 9.17) is 19.9 Å². The van der Waals surface area contributed by atoms with Crippen LogP contribution in [0.3, 0.4) is 0 Å². The Hall–Kier alpha value is -16.7. The summed E-state index contributed by atoms with van der Waals surface area (Å²) in [6.45, 7) is 0. The van der Waals surface area contributed by atoms with Crippen LogP contribution in [0.4, 0.5) is 0 Å². The number of benzene rings is 14. The third kappa shape index (κ3) is 11.8. The quantitative estimate of drug-likeness (QED) is 0.105. The van der Waals surface area contributed by atoms with Crippen LogP contribution in [0.25, 0.3) is 178 Å². The molecule has 14 aromatic carbocycles. The topological polar surface area (TPSA) is 228 Å². The number of para-hydroxylation sites is 1. The van der Waals surface area contributed by atoms with Crippen molar-refractivity contribution in [3.8, 4) is 177 Å². The molecule has 4 heterocycles. The molecule has 18 aromatic rings. The number of aromatic nitrogens is 6. The number of nitriles is 7. The van der Waals surface area contributed by atoms with E-state index in [1.165, 1.54) is 0 Å². The van der Waals surface area contributed by atoms with Crippen LogP contribution in [-0.4, -0.2) is 29.1 Å². The molecule has 0 unspecified atom stereocenters. The highest BCUT2D eigenvalue weighted by Gasteiger charge is 2.32. The molecule has 0 N–H and O–H groups in total. The molecule has 0 saturated carbocycles. The highest BCUT2D eigenvalue weighted by molar-refractivity contribution is 6.14. The molecule has 112 heavy (non-hydrogen) atoms. The lowest BCUT2D eigenvalue weighted by molar-refractivity contribution is 1.15. The molecule has 0 aliphatic heterocycles. The van der Waals surface area contributed by atoms with E-state index < -0.39 is 0 Å². The number of rotatable bonds is 13. The molecule has 13 nitrogen and oxygen atoms in total. The van der Waals surface area contributed by atoms with E-state index in [1.807, 2.05) is 249 Å². The number of nitrogens with zero attached hydrogens (tertiary/aromatic N) is 13. The molecule has 0 atom stereocenters. The van der Waals surface area contributed by atoms with E-state index in [0.29, 0.717) is 124 Å². The standard InChI is InChI=1S/C99H53N13/c100-54-61-19-15-31-72(43-61)79-50-76(51-80(73-32-16-20-62(44-73)55-101)96(79)111-86-36-14-13-35-78(86)83-47-65(58-104)37-40-87(83)111)98-107-92(68-23-5-1-6-24-68)90(93(108-98)69-25-7-2-8-26-69)91-94(70-27-9-3-10-28-70)109-99(110-95(91)71-29-11-4-12-30-71)77-52-81(74-33-17-21-63(45-74)56-102)97(82(53-77)75-34-18-22-64(46-75)57-103)112-88-41-38-66(59-105)48-84(88)85-49-67(60-106)39-42-89(85)112/h1-53H. The average Bonchev–Trinajstić information content (AvgIpc) is 1.53. The van der Waals surface area contributed by atoms with E-state index >= 15 is 0 Å². The van der Waals surface area contributed by atoms with Crippen LogP contribution in [0.2, 0.25) is 0 Å². The van der Waals surface area contributed by atoms with Crippen LogP contribution in [0.5, 0.6) is 0 Å². The molecule has 0 saturated heterocycles. The van der Waals surface area contributed by atoms with Gasteiger partial charge in [0.2, 0.25) is 0 Å². The molecule has 0 fully saturated rings. The third-order valence-electron chi connectivity index (χ3n) is 20.5. The fourth-order valence-electron chi connectivity index (χ4n) is 15.5. The lowest BCUT2D eigenvalue weighted by Crippen LogP contribution is -2.07. The van der Waals surface area contributed by atoms with Gasteiger partial charge in [-0.3, -0.25) is 0 Å². The third-order valence-corrected chi connectivity index (χ3v) is 20.5. The molecule has 18 rings (SSSR count).